The summed E-state index contributed by atoms with van der Waals surface area (Å²) in [5, 5.41) is 23.7. The second-order valence-corrected chi connectivity index (χ2v) is 5.98. The van der Waals surface area contributed by atoms with E-state index in [2.05, 4.69) is 20.6 Å². The van der Waals surface area contributed by atoms with Crippen molar-refractivity contribution in [2.24, 2.45) is 0 Å². The molecule has 0 bridgehead atoms. The Morgan fingerprint density at radius 3 is 2.86 bits per heavy atom. The number of aromatic amines is 1. The minimum absolute atomic E-state index is 0.137. The van der Waals surface area contributed by atoms with E-state index in [0.717, 1.165) is 16.9 Å². The smallest absolute Gasteiger partial charge is 0.362 e. The zero-order chi connectivity index (χ0) is 20.3. The maximum absolute atomic E-state index is 12.3. The Morgan fingerprint density at radius 2 is 2.18 bits per heavy atom. The second-order valence-electron chi connectivity index (χ2n) is 5.98. The number of rotatable bonds is 7. The van der Waals surface area contributed by atoms with Gasteiger partial charge < -0.3 is 14.8 Å². The van der Waals surface area contributed by atoms with E-state index in [1.54, 1.807) is 6.20 Å². The van der Waals surface area contributed by atoms with Crippen LogP contribution in [0.15, 0.2) is 30.6 Å². The molecule has 3 aromatic rings. The van der Waals surface area contributed by atoms with E-state index in [0.29, 0.717) is 5.69 Å². The summed E-state index contributed by atoms with van der Waals surface area (Å²) in [6, 6.07) is 5.83. The molecule has 1 aromatic carbocycles. The number of benzene rings is 1. The molecule has 3 rings (SSSR count). The van der Waals surface area contributed by atoms with Crippen LogP contribution >= 0.6 is 0 Å². The van der Waals surface area contributed by atoms with E-state index in [9.17, 15) is 14.9 Å². The molecule has 0 radical (unpaired) electrons. The van der Waals surface area contributed by atoms with Crippen molar-refractivity contribution in [3.63, 3.8) is 0 Å². The summed E-state index contributed by atoms with van der Waals surface area (Å²) in [7, 11) is 1.23. The molecule has 0 unspecified atom stereocenters. The van der Waals surface area contributed by atoms with Gasteiger partial charge in [0.05, 0.1) is 30.1 Å². The van der Waals surface area contributed by atoms with Crippen LogP contribution in [-0.4, -0.2) is 37.9 Å². The molecule has 0 fully saturated rings. The molecular weight excluding hydrogens is 368 g/mol. The fraction of sp³-hybridized carbons (Fsp3) is 0.235. The van der Waals surface area contributed by atoms with Crippen molar-refractivity contribution in [2.45, 2.75) is 20.6 Å². The van der Waals surface area contributed by atoms with E-state index in [1.165, 1.54) is 18.0 Å². The van der Waals surface area contributed by atoms with Gasteiger partial charge in [0, 0.05) is 0 Å². The number of ether oxygens (including phenoxy) is 2. The average Bonchev–Trinajstić information content (AvgIpc) is 3.27. The normalized spacial score (nSPS) is 10.5. The van der Waals surface area contributed by atoms with Crippen LogP contribution < -0.4 is 14.8 Å². The number of hydrogen-bond acceptors (Lipinski definition) is 7. The highest BCUT2D eigenvalue weighted by molar-refractivity contribution is 6.06. The number of anilines is 1. The summed E-state index contributed by atoms with van der Waals surface area (Å²) >= 11 is 0. The number of hydrogen-bond donors (Lipinski definition) is 2. The number of H-pyrrole nitrogens is 1. The van der Waals surface area contributed by atoms with Crippen molar-refractivity contribution < 1.29 is 19.2 Å². The van der Waals surface area contributed by atoms with Crippen LogP contribution in [0, 0.1) is 24.0 Å². The van der Waals surface area contributed by atoms with Gasteiger partial charge in [0.2, 0.25) is 5.69 Å². The van der Waals surface area contributed by atoms with Crippen LogP contribution in [0.4, 0.5) is 11.4 Å². The van der Waals surface area contributed by atoms with Gasteiger partial charge in [-0.25, -0.2) is 4.68 Å². The van der Waals surface area contributed by atoms with Gasteiger partial charge >= 0.3 is 11.6 Å². The number of nitrogens with one attached hydrogen (secondary N) is 2. The van der Waals surface area contributed by atoms with Crippen LogP contribution in [0.2, 0.25) is 0 Å². The molecule has 2 N–H and O–H groups in total. The average molecular weight is 386 g/mol. The van der Waals surface area contributed by atoms with Crippen molar-refractivity contribution in [1.82, 2.24) is 20.0 Å². The minimum atomic E-state index is -0.739. The first-order chi connectivity index (χ1) is 13.4. The lowest BCUT2D eigenvalue weighted by molar-refractivity contribution is -0.386. The Balaban J connectivity index is 1.67. The number of methoxy groups -OCH3 is 1. The van der Waals surface area contributed by atoms with E-state index in [4.69, 9.17) is 9.47 Å². The standard InChI is InChI=1S/C17H18N6O5/c1-10-4-5-13(11(2)6-10)28-9-22-8-12(7-18-22)19-16(24)14-15(23(25)26)17(27-3)21-20-14/h4-8H,9H2,1-3H3,(H,19,24)(H,20,21). The molecule has 2 aromatic heterocycles. The molecule has 0 saturated carbocycles. The zero-order valence-corrected chi connectivity index (χ0v) is 15.4. The highest BCUT2D eigenvalue weighted by Crippen LogP contribution is 2.28. The maximum Gasteiger partial charge on any atom is 0.362 e. The number of amides is 1. The fourth-order valence-corrected chi connectivity index (χ4v) is 2.58. The van der Waals surface area contributed by atoms with Crippen LogP contribution in [0.25, 0.3) is 0 Å². The van der Waals surface area contributed by atoms with E-state index < -0.39 is 16.5 Å². The van der Waals surface area contributed by atoms with Gasteiger partial charge in [-0.15, -0.1) is 5.10 Å². The van der Waals surface area contributed by atoms with Gasteiger partial charge in [-0.2, -0.15) is 5.10 Å². The van der Waals surface area contributed by atoms with Crippen LogP contribution in [0.5, 0.6) is 11.6 Å². The van der Waals surface area contributed by atoms with Crippen molar-refractivity contribution >= 4 is 17.3 Å². The lowest BCUT2D eigenvalue weighted by atomic mass is 10.1. The van der Waals surface area contributed by atoms with E-state index in [1.807, 2.05) is 32.0 Å². The number of carbonyl (C=O) groups excluding carboxylic acids is 1. The topological polar surface area (TPSA) is 137 Å². The molecule has 28 heavy (non-hydrogen) atoms. The predicted molar refractivity (Wildman–Crippen MR) is 98.5 cm³/mol. The van der Waals surface area contributed by atoms with E-state index >= 15 is 0 Å². The highest BCUT2D eigenvalue weighted by atomic mass is 16.6. The first kappa shape index (κ1) is 18.9. The highest BCUT2D eigenvalue weighted by Gasteiger charge is 2.30. The van der Waals surface area contributed by atoms with Crippen molar-refractivity contribution in [3.8, 4) is 11.6 Å². The van der Waals surface area contributed by atoms with Gasteiger partial charge in [-0.1, -0.05) is 17.7 Å². The fourth-order valence-electron chi connectivity index (χ4n) is 2.58. The molecule has 0 aliphatic carbocycles. The first-order valence-electron chi connectivity index (χ1n) is 8.19. The number of nitro groups is 1. The largest absolute Gasteiger partial charge is 0.475 e. The lowest BCUT2D eigenvalue weighted by Gasteiger charge is -2.09. The predicted octanol–water partition coefficient (Wildman–Crippen LogP) is 2.43. The van der Waals surface area contributed by atoms with Crippen molar-refractivity contribution in [1.29, 1.82) is 0 Å². The maximum atomic E-state index is 12.3. The monoisotopic (exact) mass is 386 g/mol. The Bertz CT molecular complexity index is 1020. The third-order valence-corrected chi connectivity index (χ3v) is 3.89. The molecule has 2 heterocycles. The number of aryl methyl sites for hydroxylation is 2. The molecule has 0 aliphatic heterocycles. The molecule has 11 heteroatoms. The summed E-state index contributed by atoms with van der Waals surface area (Å²) in [5.41, 5.74) is 1.63. The third kappa shape index (κ3) is 3.92. The molecule has 0 spiro atoms. The quantitative estimate of drug-likeness (QED) is 0.470. The summed E-state index contributed by atoms with van der Waals surface area (Å²) < 4.78 is 12.0. The minimum Gasteiger partial charge on any atom is -0.475 e. The number of carbonyl (C=O) groups is 1. The Kier molecular flexibility index (Phi) is 5.25. The summed E-state index contributed by atoms with van der Waals surface area (Å²) in [4.78, 5) is 22.7. The van der Waals surface area contributed by atoms with E-state index in [-0.39, 0.29) is 18.3 Å². The second kappa shape index (κ2) is 7.78. The summed E-state index contributed by atoms with van der Waals surface area (Å²) in [5.74, 6) is -0.281. The molecule has 11 nitrogen and oxygen atoms in total. The van der Waals surface area contributed by atoms with Gasteiger partial charge in [0.25, 0.3) is 5.91 Å². The van der Waals surface area contributed by atoms with Crippen molar-refractivity contribution in [3.05, 3.63) is 57.5 Å². The third-order valence-electron chi connectivity index (χ3n) is 3.89. The van der Waals surface area contributed by atoms with Crippen LogP contribution in [-0.2, 0) is 6.73 Å². The SMILES string of the molecule is COc1n[nH]c(C(=O)Nc2cnn(COc3ccc(C)cc3C)c2)c1[N+](=O)[O-]. The molecule has 0 aliphatic rings. The Morgan fingerprint density at radius 1 is 1.39 bits per heavy atom. The molecule has 1 amide bonds. The van der Waals surface area contributed by atoms with Crippen molar-refractivity contribution in [2.75, 3.05) is 12.4 Å². The number of aromatic nitrogens is 4. The van der Waals surface area contributed by atoms with Gasteiger partial charge in [-0.05, 0) is 25.5 Å². The Labute approximate surface area is 159 Å². The van der Waals surface area contributed by atoms with Crippen LogP contribution in [0.1, 0.15) is 21.6 Å². The zero-order valence-electron chi connectivity index (χ0n) is 15.4. The Hall–Kier alpha value is -3.89. The summed E-state index contributed by atoms with van der Waals surface area (Å²) in [6.45, 7) is 4.08. The number of nitrogens with zero attached hydrogens (tertiary/aromatic N) is 4. The van der Waals surface area contributed by atoms with Gasteiger partial charge in [0.15, 0.2) is 6.73 Å². The molecular formula is C17H18N6O5. The molecule has 146 valence electrons. The van der Waals surface area contributed by atoms with Crippen LogP contribution in [0.3, 0.4) is 0 Å². The summed E-state index contributed by atoms with van der Waals surface area (Å²) in [6.07, 6.45) is 2.95. The van der Waals surface area contributed by atoms with Gasteiger partial charge in [-0.3, -0.25) is 20.0 Å². The first-order valence-corrected chi connectivity index (χ1v) is 8.19. The van der Waals surface area contributed by atoms with Gasteiger partial charge in [0.1, 0.15) is 5.75 Å². The lowest BCUT2D eigenvalue weighted by Crippen LogP contribution is -2.14. The molecule has 0 saturated heterocycles. The molecule has 0 atom stereocenters.